The van der Waals surface area contributed by atoms with Crippen LogP contribution in [0.15, 0.2) is 30.3 Å². The van der Waals surface area contributed by atoms with E-state index in [1.54, 1.807) is 6.07 Å². The highest BCUT2D eigenvalue weighted by Gasteiger charge is 2.21. The van der Waals surface area contributed by atoms with Gasteiger partial charge in [0.15, 0.2) is 11.6 Å². The lowest BCUT2D eigenvalue weighted by Crippen LogP contribution is -2.30. The maximum absolute atomic E-state index is 13.9. The lowest BCUT2D eigenvalue weighted by molar-refractivity contribution is 0.237. The summed E-state index contributed by atoms with van der Waals surface area (Å²) in [6, 6.07) is 7.51. The number of benzene rings is 1. The van der Waals surface area contributed by atoms with E-state index in [1.165, 1.54) is 17.4 Å². The first-order valence-electron chi connectivity index (χ1n) is 6.11. The number of hydrogen-bond donors (Lipinski definition) is 1. The highest BCUT2D eigenvalue weighted by Crippen LogP contribution is 2.27. The number of likely N-dealkylation sites (N-methyl/N-ethyl adjacent to an activating group) is 1. The summed E-state index contributed by atoms with van der Waals surface area (Å²) in [6.45, 7) is 0.783. The molecule has 0 aliphatic carbocycles. The number of nitrogens with two attached hydrogens (primary N) is 1. The van der Waals surface area contributed by atoms with E-state index in [1.807, 2.05) is 24.1 Å². The van der Waals surface area contributed by atoms with Gasteiger partial charge in [-0.1, -0.05) is 23.7 Å². The average molecular weight is 317 g/mol. The van der Waals surface area contributed by atoms with Gasteiger partial charge in [0.05, 0.1) is 10.4 Å². The van der Waals surface area contributed by atoms with E-state index in [0.717, 1.165) is 10.9 Å². The van der Waals surface area contributed by atoms with Crippen molar-refractivity contribution in [1.82, 2.24) is 4.90 Å². The minimum absolute atomic E-state index is 0.204. The van der Waals surface area contributed by atoms with Crippen LogP contribution in [-0.2, 0) is 6.54 Å². The van der Waals surface area contributed by atoms with Gasteiger partial charge in [-0.05, 0) is 25.2 Å². The molecule has 108 valence electrons. The summed E-state index contributed by atoms with van der Waals surface area (Å²) in [5, 5.41) is 0. The van der Waals surface area contributed by atoms with E-state index in [-0.39, 0.29) is 18.2 Å². The summed E-state index contributed by atoms with van der Waals surface area (Å²) in [7, 11) is 1.83. The topological polar surface area (TPSA) is 29.3 Å². The molecule has 0 radical (unpaired) electrons. The first kappa shape index (κ1) is 15.4. The quantitative estimate of drug-likeness (QED) is 0.909. The molecular weight excluding hydrogens is 302 g/mol. The van der Waals surface area contributed by atoms with Crippen LogP contribution in [0.3, 0.4) is 0 Å². The Morgan fingerprint density at radius 3 is 2.65 bits per heavy atom. The van der Waals surface area contributed by atoms with Crippen LogP contribution in [0.4, 0.5) is 8.78 Å². The molecule has 0 amide bonds. The van der Waals surface area contributed by atoms with Crippen molar-refractivity contribution in [2.75, 3.05) is 13.6 Å². The fourth-order valence-corrected chi connectivity index (χ4v) is 3.27. The van der Waals surface area contributed by atoms with Crippen molar-refractivity contribution >= 4 is 22.9 Å². The molecular formula is C14H15ClF2N2S. The molecule has 0 bridgehead atoms. The molecule has 0 fully saturated rings. The molecule has 2 rings (SSSR count). The molecule has 1 aromatic carbocycles. The first-order valence-corrected chi connectivity index (χ1v) is 7.30. The zero-order chi connectivity index (χ0) is 14.7. The van der Waals surface area contributed by atoms with Gasteiger partial charge in [0.25, 0.3) is 0 Å². The SMILES string of the molecule is CN(Cc1ccc(Cl)s1)C(CN)c1cccc(F)c1F. The molecule has 2 N–H and O–H groups in total. The Labute approximate surface area is 125 Å². The van der Waals surface area contributed by atoms with Crippen LogP contribution in [0.25, 0.3) is 0 Å². The van der Waals surface area contributed by atoms with E-state index in [0.29, 0.717) is 10.9 Å². The fraction of sp³-hybridized carbons (Fsp3) is 0.286. The zero-order valence-corrected chi connectivity index (χ0v) is 12.5. The van der Waals surface area contributed by atoms with Crippen LogP contribution in [0.5, 0.6) is 0 Å². The highest BCUT2D eigenvalue weighted by atomic mass is 35.5. The number of halogens is 3. The van der Waals surface area contributed by atoms with Crippen LogP contribution in [0.1, 0.15) is 16.5 Å². The second-order valence-electron chi connectivity index (χ2n) is 4.52. The van der Waals surface area contributed by atoms with Crippen molar-refractivity contribution in [3.8, 4) is 0 Å². The average Bonchev–Trinajstić information content (AvgIpc) is 2.81. The molecule has 0 saturated carbocycles. The van der Waals surface area contributed by atoms with Crippen molar-refractivity contribution in [1.29, 1.82) is 0 Å². The van der Waals surface area contributed by atoms with Gasteiger partial charge in [-0.25, -0.2) is 8.78 Å². The summed E-state index contributed by atoms with van der Waals surface area (Å²) in [6.07, 6.45) is 0. The van der Waals surface area contributed by atoms with Crippen LogP contribution in [0, 0.1) is 11.6 Å². The van der Waals surface area contributed by atoms with Gasteiger partial charge in [-0.15, -0.1) is 11.3 Å². The van der Waals surface area contributed by atoms with E-state index < -0.39 is 11.6 Å². The number of hydrogen-bond acceptors (Lipinski definition) is 3. The maximum Gasteiger partial charge on any atom is 0.163 e. The molecule has 1 heterocycles. The number of nitrogens with zero attached hydrogens (tertiary/aromatic N) is 1. The van der Waals surface area contributed by atoms with E-state index in [2.05, 4.69) is 0 Å². The zero-order valence-electron chi connectivity index (χ0n) is 10.9. The Bertz CT molecular complexity index is 588. The van der Waals surface area contributed by atoms with Gasteiger partial charge >= 0.3 is 0 Å². The highest BCUT2D eigenvalue weighted by molar-refractivity contribution is 7.16. The number of rotatable bonds is 5. The van der Waals surface area contributed by atoms with Gasteiger partial charge in [0.1, 0.15) is 0 Å². The standard InChI is InChI=1S/C14H15ClF2N2S/c1-19(8-9-5-6-13(15)20-9)12(7-18)10-3-2-4-11(16)14(10)17/h2-6,12H,7-8,18H2,1H3. The first-order chi connectivity index (χ1) is 9.52. The van der Waals surface area contributed by atoms with Gasteiger partial charge in [0.2, 0.25) is 0 Å². The van der Waals surface area contributed by atoms with Gasteiger partial charge < -0.3 is 5.73 Å². The van der Waals surface area contributed by atoms with Gasteiger partial charge in [-0.2, -0.15) is 0 Å². The lowest BCUT2D eigenvalue weighted by atomic mass is 10.0. The Kier molecular flexibility index (Phi) is 5.10. The van der Waals surface area contributed by atoms with Crippen molar-refractivity contribution in [2.24, 2.45) is 5.73 Å². The fourth-order valence-electron chi connectivity index (χ4n) is 2.11. The molecule has 1 atom stereocenters. The summed E-state index contributed by atoms with van der Waals surface area (Å²) in [5.74, 6) is -1.69. The predicted octanol–water partition coefficient (Wildman–Crippen LogP) is 3.81. The summed E-state index contributed by atoms with van der Waals surface area (Å²) in [4.78, 5) is 2.94. The molecule has 0 saturated heterocycles. The van der Waals surface area contributed by atoms with E-state index in [4.69, 9.17) is 17.3 Å². The third-order valence-corrected chi connectivity index (χ3v) is 4.35. The smallest absolute Gasteiger partial charge is 0.163 e. The summed E-state index contributed by atoms with van der Waals surface area (Å²) < 4.78 is 27.9. The lowest BCUT2D eigenvalue weighted by Gasteiger charge is -2.27. The van der Waals surface area contributed by atoms with Gasteiger partial charge in [-0.3, -0.25) is 4.90 Å². The molecule has 2 nitrogen and oxygen atoms in total. The predicted molar refractivity (Wildman–Crippen MR) is 78.9 cm³/mol. The monoisotopic (exact) mass is 316 g/mol. The summed E-state index contributed by atoms with van der Waals surface area (Å²) in [5.41, 5.74) is 6.01. The molecule has 1 unspecified atom stereocenters. The van der Waals surface area contributed by atoms with Crippen molar-refractivity contribution < 1.29 is 8.78 Å². The normalized spacial score (nSPS) is 12.9. The van der Waals surface area contributed by atoms with Crippen LogP contribution >= 0.6 is 22.9 Å². The Balaban J connectivity index is 2.20. The van der Waals surface area contributed by atoms with Gasteiger partial charge in [0, 0.05) is 23.5 Å². The molecule has 20 heavy (non-hydrogen) atoms. The van der Waals surface area contributed by atoms with Crippen molar-refractivity contribution in [2.45, 2.75) is 12.6 Å². The van der Waals surface area contributed by atoms with E-state index >= 15 is 0 Å². The molecule has 2 aromatic rings. The number of thiophene rings is 1. The second kappa shape index (κ2) is 6.63. The Morgan fingerprint density at radius 1 is 1.30 bits per heavy atom. The molecule has 0 spiro atoms. The van der Waals surface area contributed by atoms with E-state index in [9.17, 15) is 8.78 Å². The van der Waals surface area contributed by atoms with Crippen LogP contribution < -0.4 is 5.73 Å². The Morgan fingerprint density at radius 2 is 2.05 bits per heavy atom. The Hall–Kier alpha value is -1.01. The maximum atomic E-state index is 13.9. The second-order valence-corrected chi connectivity index (χ2v) is 6.32. The third kappa shape index (κ3) is 3.35. The minimum Gasteiger partial charge on any atom is -0.329 e. The van der Waals surface area contributed by atoms with Crippen LogP contribution in [-0.4, -0.2) is 18.5 Å². The molecule has 0 aliphatic rings. The van der Waals surface area contributed by atoms with Crippen molar-refractivity contribution in [3.63, 3.8) is 0 Å². The largest absolute Gasteiger partial charge is 0.329 e. The van der Waals surface area contributed by atoms with Crippen LogP contribution in [0.2, 0.25) is 4.34 Å². The third-order valence-electron chi connectivity index (χ3n) is 3.13. The molecule has 1 aromatic heterocycles. The summed E-state index contributed by atoms with van der Waals surface area (Å²) >= 11 is 7.35. The minimum atomic E-state index is -0.853. The van der Waals surface area contributed by atoms with Crippen molar-refractivity contribution in [3.05, 3.63) is 56.7 Å². The molecule has 0 aliphatic heterocycles. The molecule has 6 heteroatoms.